The fraction of sp³-hybridized carbons (Fsp3) is 0.131. The topological polar surface area (TPSA) is 33.6 Å². The highest BCUT2D eigenvalue weighted by atomic mass is 19.4. The quantitative estimate of drug-likeness (QED) is 0.110. The molecule has 21 heteroatoms. The maximum atomic E-state index is 16.1. The number of rotatable bonds is 8. The largest absolute Gasteiger partial charge is 0.417 e. The van der Waals surface area contributed by atoms with Crippen molar-refractivity contribution in [2.24, 2.45) is 7.05 Å². The molecule has 0 bridgehead atoms. The fourth-order valence-electron chi connectivity index (χ4n) is 10.5. The molecular weight excluding hydrogens is 1120 g/mol. The molecule has 9 aromatic rings. The summed E-state index contributed by atoms with van der Waals surface area (Å²) in [4.78, 5) is 0. The first-order valence-electron chi connectivity index (χ1n) is 24.1. The number of halogens is 18. The molecule has 10 rings (SSSR count). The first-order chi connectivity index (χ1) is 38.3. The number of nitrogens with zero attached hydrogens (tertiary/aromatic N) is 3. The minimum Gasteiger partial charge on any atom is -0.343 e. The van der Waals surface area contributed by atoms with Gasteiger partial charge in [-0.15, -0.1) is 0 Å². The van der Waals surface area contributed by atoms with E-state index in [2.05, 4.69) is 6.58 Å². The molecule has 82 heavy (non-hydrogen) atoms. The highest BCUT2D eigenvalue weighted by Gasteiger charge is 2.44. The SMILES string of the molecule is C=C/C(=C\C=C(/C1=CC(C#N)=CC1)n1c2ccccc2c2cc(-c3cc(C(F)(F)F)cc(C(F)(F)F)c3)ccc21)c1c(C(F)(F)F)ccc(-c2cccc3c4cc(-c5cc(C(F)(F)F)cc(C(F)(F)F)c5)ccc4n(C)c23)c1C(F)(F)F. The van der Waals surface area contributed by atoms with Crippen LogP contribution in [0.5, 0.6) is 0 Å². The predicted molar refractivity (Wildman–Crippen MR) is 275 cm³/mol. The van der Waals surface area contributed by atoms with Crippen molar-refractivity contribution >= 4 is 54.9 Å². The van der Waals surface area contributed by atoms with Gasteiger partial charge in [-0.25, -0.2) is 0 Å². The summed E-state index contributed by atoms with van der Waals surface area (Å²) >= 11 is 0. The first-order valence-corrected chi connectivity index (χ1v) is 24.1. The van der Waals surface area contributed by atoms with E-state index in [9.17, 15) is 57.9 Å². The van der Waals surface area contributed by atoms with Crippen LogP contribution in [-0.4, -0.2) is 9.13 Å². The number of fused-ring (bicyclic) bond motifs is 6. The van der Waals surface area contributed by atoms with Crippen LogP contribution < -0.4 is 0 Å². The van der Waals surface area contributed by atoms with Gasteiger partial charge in [-0.3, -0.25) is 0 Å². The number of nitriles is 1. The van der Waals surface area contributed by atoms with Crippen molar-refractivity contribution in [1.29, 1.82) is 5.26 Å². The number of alkyl halides is 18. The van der Waals surface area contributed by atoms with Gasteiger partial charge in [-0.2, -0.15) is 84.3 Å². The Balaban J connectivity index is 1.19. The number of allylic oxidation sites excluding steroid dienone is 9. The zero-order valence-corrected chi connectivity index (χ0v) is 41.6. The minimum atomic E-state index is -5.59. The number of hydrogen-bond donors (Lipinski definition) is 0. The summed E-state index contributed by atoms with van der Waals surface area (Å²) in [6.07, 6.45) is -26.0. The lowest BCUT2D eigenvalue weighted by Gasteiger charge is -2.23. The monoisotopic (exact) mass is 1150 g/mol. The van der Waals surface area contributed by atoms with Crippen molar-refractivity contribution in [2.75, 3.05) is 0 Å². The fourth-order valence-corrected chi connectivity index (χ4v) is 10.5. The summed E-state index contributed by atoms with van der Waals surface area (Å²) in [5, 5.41) is 10.8. The lowest BCUT2D eigenvalue weighted by atomic mass is 9.86. The average Bonchev–Trinajstić information content (AvgIpc) is 1.95. The van der Waals surface area contributed by atoms with E-state index in [0.717, 1.165) is 12.2 Å². The Morgan fingerprint density at radius 3 is 1.51 bits per heavy atom. The van der Waals surface area contributed by atoms with Gasteiger partial charge in [0.15, 0.2) is 0 Å². The minimum absolute atomic E-state index is 0.00926. The molecule has 418 valence electrons. The second-order valence-corrected chi connectivity index (χ2v) is 19.1. The summed E-state index contributed by atoms with van der Waals surface area (Å²) in [6, 6.07) is 23.0. The van der Waals surface area contributed by atoms with Crippen LogP contribution in [0.25, 0.3) is 88.3 Å². The standard InChI is InChI=1S/C61H33F18N3/c1-3-32(13-18-49(35-12-11-31(21-35)30-80)82-51-10-5-4-7-42(51)46-26-34(15-20-52(46)82)37-24-40(58(68,69)70)29-41(25-37)59(71,72)73)53-48(60(74,75)76)17-16-43(54(53)61(77,78)79)44-8-6-9-45-47-27-33(14-19-50(47)81(2)55(44)45)36-22-38(56(62,63)64)28-39(23-36)57(65,66)67/h3-11,13-29H,1,12H2,2H3/b32-13+,49-18+. The highest BCUT2D eigenvalue weighted by molar-refractivity contribution is 6.14. The summed E-state index contributed by atoms with van der Waals surface area (Å²) in [5.74, 6) is 0. The van der Waals surface area contributed by atoms with Gasteiger partial charge >= 0.3 is 37.1 Å². The van der Waals surface area contributed by atoms with Gasteiger partial charge in [-0.05, 0) is 130 Å². The van der Waals surface area contributed by atoms with E-state index >= 15 is 26.3 Å². The number of benzene rings is 7. The maximum Gasteiger partial charge on any atom is 0.417 e. The number of aromatic nitrogens is 2. The molecule has 1 aliphatic rings. The van der Waals surface area contributed by atoms with Gasteiger partial charge in [0.1, 0.15) is 0 Å². The van der Waals surface area contributed by atoms with Crippen LogP contribution in [-0.2, 0) is 44.1 Å². The third kappa shape index (κ3) is 10.2. The lowest BCUT2D eigenvalue weighted by molar-refractivity contribution is -0.144. The van der Waals surface area contributed by atoms with Gasteiger partial charge in [0.25, 0.3) is 0 Å². The van der Waals surface area contributed by atoms with Crippen molar-refractivity contribution < 1.29 is 79.0 Å². The normalized spacial score (nSPS) is 14.3. The molecule has 0 atom stereocenters. The predicted octanol–water partition coefficient (Wildman–Crippen LogP) is 20.4. The average molecular weight is 1150 g/mol. The van der Waals surface area contributed by atoms with Gasteiger partial charge in [-0.1, -0.05) is 79.4 Å². The second kappa shape index (κ2) is 19.7. The number of hydrogen-bond acceptors (Lipinski definition) is 1. The Kier molecular flexibility index (Phi) is 13.5. The third-order valence-electron chi connectivity index (χ3n) is 14.1. The molecule has 0 N–H and O–H groups in total. The zero-order valence-electron chi connectivity index (χ0n) is 41.6. The van der Waals surface area contributed by atoms with Crippen LogP contribution in [0.2, 0.25) is 0 Å². The molecule has 0 fully saturated rings. The summed E-state index contributed by atoms with van der Waals surface area (Å²) in [7, 11) is 1.40. The molecule has 0 amide bonds. The van der Waals surface area contributed by atoms with E-state index in [1.165, 1.54) is 89.0 Å². The molecular formula is C61H33F18N3. The van der Waals surface area contributed by atoms with Crippen molar-refractivity contribution in [3.05, 3.63) is 214 Å². The first kappa shape index (κ1) is 56.3. The van der Waals surface area contributed by atoms with Crippen LogP contribution in [0.3, 0.4) is 0 Å². The Labute approximate surface area is 451 Å². The van der Waals surface area contributed by atoms with E-state index in [1.807, 2.05) is 6.07 Å². The van der Waals surface area contributed by atoms with E-state index in [4.69, 9.17) is 0 Å². The summed E-state index contributed by atoms with van der Waals surface area (Å²) in [6.45, 7) is 3.62. The van der Waals surface area contributed by atoms with Crippen LogP contribution in [0, 0.1) is 11.3 Å². The smallest absolute Gasteiger partial charge is 0.343 e. The van der Waals surface area contributed by atoms with Crippen LogP contribution in [0.4, 0.5) is 79.0 Å². The second-order valence-electron chi connectivity index (χ2n) is 19.1. The molecule has 0 unspecified atom stereocenters. The molecule has 0 spiro atoms. The number of aryl methyl sites for hydroxylation is 1. The third-order valence-corrected chi connectivity index (χ3v) is 14.1. The molecule has 2 aromatic heterocycles. The highest BCUT2D eigenvalue weighted by Crippen LogP contribution is 2.50. The molecule has 2 heterocycles. The number of para-hydroxylation sites is 2. The van der Waals surface area contributed by atoms with Crippen molar-refractivity contribution in [1.82, 2.24) is 9.13 Å². The van der Waals surface area contributed by atoms with E-state index in [-0.39, 0.29) is 79.2 Å². The molecule has 0 saturated carbocycles. The Morgan fingerprint density at radius 2 is 1.01 bits per heavy atom. The Bertz CT molecular complexity index is 4240. The Morgan fingerprint density at radius 1 is 0.500 bits per heavy atom. The van der Waals surface area contributed by atoms with Gasteiger partial charge in [0.05, 0.1) is 56.0 Å². The van der Waals surface area contributed by atoms with E-state index < -0.39 is 98.3 Å². The van der Waals surface area contributed by atoms with Crippen LogP contribution >= 0.6 is 0 Å². The molecule has 0 radical (unpaired) electrons. The summed E-state index contributed by atoms with van der Waals surface area (Å²) in [5.41, 5.74) is -13.0. The Hall–Kier alpha value is -8.93. The van der Waals surface area contributed by atoms with Gasteiger partial charge < -0.3 is 9.13 Å². The lowest BCUT2D eigenvalue weighted by Crippen LogP contribution is -2.17. The molecule has 7 aromatic carbocycles. The van der Waals surface area contributed by atoms with Crippen molar-refractivity contribution in [3.8, 4) is 39.4 Å². The van der Waals surface area contributed by atoms with Crippen molar-refractivity contribution in [2.45, 2.75) is 43.5 Å². The van der Waals surface area contributed by atoms with E-state index in [0.29, 0.717) is 52.9 Å². The van der Waals surface area contributed by atoms with Gasteiger partial charge in [0.2, 0.25) is 0 Å². The van der Waals surface area contributed by atoms with Crippen molar-refractivity contribution in [3.63, 3.8) is 0 Å². The summed E-state index contributed by atoms with van der Waals surface area (Å²) < 4.78 is 264. The van der Waals surface area contributed by atoms with Crippen LogP contribution in [0.15, 0.2) is 175 Å². The molecule has 0 aliphatic heterocycles. The van der Waals surface area contributed by atoms with Crippen LogP contribution in [0.1, 0.15) is 45.4 Å². The zero-order chi connectivity index (χ0) is 59.4. The molecule has 1 aliphatic carbocycles. The maximum absolute atomic E-state index is 16.1. The van der Waals surface area contributed by atoms with E-state index in [1.54, 1.807) is 24.3 Å². The van der Waals surface area contributed by atoms with Gasteiger partial charge in [0, 0.05) is 56.5 Å². The molecule has 0 saturated heterocycles. The molecule has 3 nitrogen and oxygen atoms in total.